The van der Waals surface area contributed by atoms with Crippen molar-refractivity contribution < 1.29 is 9.72 Å². The van der Waals surface area contributed by atoms with E-state index < -0.39 is 4.92 Å². The maximum Gasteiger partial charge on any atom is 0.292 e. The van der Waals surface area contributed by atoms with Gasteiger partial charge in [0.1, 0.15) is 5.69 Å². The van der Waals surface area contributed by atoms with E-state index in [9.17, 15) is 14.9 Å². The molecule has 7 heteroatoms. The largest absolute Gasteiger partial charge is 0.357 e. The standard InChI is InChI=1S/C21H22N4O3/c26-21(23-17-9-3-4-11-20(17)25(27)28)14-24-12-6-5-10-19(24)18-13-15-7-1-2-8-16(15)22-18/h1-4,7-9,11,13,19,22H,5-6,10,12,14H2,(H,23,26). The van der Waals surface area contributed by atoms with E-state index >= 15 is 0 Å². The van der Waals surface area contributed by atoms with Gasteiger partial charge in [-0.3, -0.25) is 19.8 Å². The van der Waals surface area contributed by atoms with Crippen LogP contribution in [0.1, 0.15) is 31.0 Å². The summed E-state index contributed by atoms with van der Waals surface area (Å²) in [6.45, 7) is 1.02. The molecule has 1 atom stereocenters. The summed E-state index contributed by atoms with van der Waals surface area (Å²) in [6, 6.07) is 16.6. The van der Waals surface area contributed by atoms with Crippen LogP contribution in [0.25, 0.3) is 10.9 Å². The van der Waals surface area contributed by atoms with Gasteiger partial charge in [-0.05, 0) is 43.0 Å². The topological polar surface area (TPSA) is 91.3 Å². The predicted molar refractivity (Wildman–Crippen MR) is 108 cm³/mol. The number of carbonyl (C=O) groups excluding carboxylic acids is 1. The number of benzene rings is 2. The van der Waals surface area contributed by atoms with Gasteiger partial charge in [0, 0.05) is 17.3 Å². The van der Waals surface area contributed by atoms with Gasteiger partial charge in [0.25, 0.3) is 5.69 Å². The minimum absolute atomic E-state index is 0.0957. The minimum Gasteiger partial charge on any atom is -0.357 e. The summed E-state index contributed by atoms with van der Waals surface area (Å²) in [4.78, 5) is 28.9. The van der Waals surface area contributed by atoms with Crippen LogP contribution in [-0.4, -0.2) is 33.8 Å². The van der Waals surface area contributed by atoms with E-state index in [1.54, 1.807) is 18.2 Å². The van der Waals surface area contributed by atoms with Gasteiger partial charge in [0.2, 0.25) is 5.91 Å². The maximum atomic E-state index is 12.6. The summed E-state index contributed by atoms with van der Waals surface area (Å²) < 4.78 is 0. The first-order valence-electron chi connectivity index (χ1n) is 9.47. The number of nitrogens with one attached hydrogen (secondary N) is 2. The van der Waals surface area contributed by atoms with Crippen molar-refractivity contribution in [3.05, 3.63) is 70.4 Å². The summed E-state index contributed by atoms with van der Waals surface area (Å²) in [7, 11) is 0. The van der Waals surface area contributed by atoms with E-state index in [1.165, 1.54) is 6.07 Å². The number of hydrogen-bond acceptors (Lipinski definition) is 4. The Morgan fingerprint density at radius 2 is 1.96 bits per heavy atom. The predicted octanol–water partition coefficient (Wildman–Crippen LogP) is 4.24. The van der Waals surface area contributed by atoms with Gasteiger partial charge in [0.15, 0.2) is 0 Å². The van der Waals surface area contributed by atoms with Crippen molar-refractivity contribution in [2.24, 2.45) is 0 Å². The van der Waals surface area contributed by atoms with Gasteiger partial charge in [-0.1, -0.05) is 36.8 Å². The molecule has 2 N–H and O–H groups in total. The van der Waals surface area contributed by atoms with Crippen LogP contribution in [0, 0.1) is 10.1 Å². The number of para-hydroxylation sites is 3. The van der Waals surface area contributed by atoms with Crippen LogP contribution in [0.4, 0.5) is 11.4 Å². The van der Waals surface area contributed by atoms with Crippen molar-refractivity contribution in [3.8, 4) is 0 Å². The number of piperidine rings is 1. The first-order valence-corrected chi connectivity index (χ1v) is 9.47. The van der Waals surface area contributed by atoms with Gasteiger partial charge >= 0.3 is 0 Å². The Hall–Kier alpha value is -3.19. The third-order valence-corrected chi connectivity index (χ3v) is 5.24. The van der Waals surface area contributed by atoms with Crippen LogP contribution in [0.15, 0.2) is 54.6 Å². The molecule has 0 bridgehead atoms. The van der Waals surface area contributed by atoms with Crippen molar-refractivity contribution >= 4 is 28.2 Å². The van der Waals surface area contributed by atoms with E-state index in [0.717, 1.165) is 42.4 Å². The molecule has 2 heterocycles. The maximum absolute atomic E-state index is 12.6. The molecule has 0 aliphatic carbocycles. The lowest BCUT2D eigenvalue weighted by Crippen LogP contribution is -2.39. The molecule has 0 saturated carbocycles. The Morgan fingerprint density at radius 1 is 1.18 bits per heavy atom. The number of H-pyrrole nitrogens is 1. The van der Waals surface area contributed by atoms with Crippen LogP contribution in [-0.2, 0) is 4.79 Å². The van der Waals surface area contributed by atoms with Crippen LogP contribution in [0.5, 0.6) is 0 Å². The van der Waals surface area contributed by atoms with Crippen LogP contribution < -0.4 is 5.32 Å². The fourth-order valence-corrected chi connectivity index (χ4v) is 3.92. The molecule has 1 aliphatic heterocycles. The molecule has 0 spiro atoms. The summed E-state index contributed by atoms with van der Waals surface area (Å²) in [5.41, 5.74) is 2.34. The Labute approximate surface area is 162 Å². The minimum atomic E-state index is -0.482. The highest BCUT2D eigenvalue weighted by Crippen LogP contribution is 2.32. The Morgan fingerprint density at radius 3 is 2.79 bits per heavy atom. The number of aromatic amines is 1. The van der Waals surface area contributed by atoms with E-state index in [1.807, 2.05) is 18.2 Å². The highest BCUT2D eigenvalue weighted by Gasteiger charge is 2.27. The summed E-state index contributed by atoms with van der Waals surface area (Å²) >= 11 is 0. The van der Waals surface area contributed by atoms with Crippen LogP contribution in [0.2, 0.25) is 0 Å². The molecule has 28 heavy (non-hydrogen) atoms. The van der Waals surface area contributed by atoms with Crippen molar-refractivity contribution in [3.63, 3.8) is 0 Å². The van der Waals surface area contributed by atoms with Gasteiger partial charge in [-0.2, -0.15) is 0 Å². The lowest BCUT2D eigenvalue weighted by atomic mass is 9.99. The zero-order chi connectivity index (χ0) is 19.5. The molecule has 1 aromatic heterocycles. The highest BCUT2D eigenvalue weighted by atomic mass is 16.6. The zero-order valence-corrected chi connectivity index (χ0v) is 15.4. The smallest absolute Gasteiger partial charge is 0.292 e. The number of amides is 1. The number of aromatic nitrogens is 1. The first-order chi connectivity index (χ1) is 13.6. The number of fused-ring (bicyclic) bond motifs is 1. The Bertz CT molecular complexity index is 981. The van der Waals surface area contributed by atoms with Crippen molar-refractivity contribution in [1.82, 2.24) is 9.88 Å². The lowest BCUT2D eigenvalue weighted by molar-refractivity contribution is -0.383. The first kappa shape index (κ1) is 18.2. The van der Waals surface area contributed by atoms with Crippen molar-refractivity contribution in [1.29, 1.82) is 0 Å². The third-order valence-electron chi connectivity index (χ3n) is 5.24. The van der Waals surface area contributed by atoms with Crippen molar-refractivity contribution in [2.45, 2.75) is 25.3 Å². The number of rotatable bonds is 5. The molecular weight excluding hydrogens is 356 g/mol. The summed E-state index contributed by atoms with van der Waals surface area (Å²) in [5, 5.41) is 15.0. The highest BCUT2D eigenvalue weighted by molar-refractivity contribution is 5.94. The van der Waals surface area contributed by atoms with Crippen LogP contribution in [0.3, 0.4) is 0 Å². The van der Waals surface area contributed by atoms with E-state index in [-0.39, 0.29) is 29.9 Å². The van der Waals surface area contributed by atoms with Gasteiger partial charge < -0.3 is 10.3 Å². The molecular formula is C21H22N4O3. The number of hydrogen-bond donors (Lipinski definition) is 2. The van der Waals surface area contributed by atoms with E-state index in [2.05, 4.69) is 27.3 Å². The molecule has 0 radical (unpaired) electrons. The fraction of sp³-hybridized carbons (Fsp3) is 0.286. The number of carbonyl (C=O) groups is 1. The second-order valence-electron chi connectivity index (χ2n) is 7.12. The summed E-state index contributed by atoms with van der Waals surface area (Å²) in [6.07, 6.45) is 3.13. The molecule has 3 aromatic rings. The second-order valence-corrected chi connectivity index (χ2v) is 7.12. The Balaban J connectivity index is 1.50. The van der Waals surface area contributed by atoms with Gasteiger partial charge in [0.05, 0.1) is 17.5 Å². The third kappa shape index (κ3) is 3.75. The average Bonchev–Trinajstić information content (AvgIpc) is 3.12. The molecule has 2 aromatic carbocycles. The fourth-order valence-electron chi connectivity index (χ4n) is 3.92. The van der Waals surface area contributed by atoms with Gasteiger partial charge in [-0.25, -0.2) is 0 Å². The number of likely N-dealkylation sites (tertiary alicyclic amines) is 1. The molecule has 1 saturated heterocycles. The van der Waals surface area contributed by atoms with E-state index in [0.29, 0.717) is 0 Å². The lowest BCUT2D eigenvalue weighted by Gasteiger charge is -2.34. The molecule has 144 valence electrons. The monoisotopic (exact) mass is 378 g/mol. The quantitative estimate of drug-likeness (QED) is 0.513. The molecule has 1 fully saturated rings. The number of nitro groups is 1. The molecule has 1 amide bonds. The molecule has 1 aliphatic rings. The normalized spacial score (nSPS) is 17.5. The van der Waals surface area contributed by atoms with Gasteiger partial charge in [-0.15, -0.1) is 0 Å². The molecule has 7 nitrogen and oxygen atoms in total. The SMILES string of the molecule is O=C(CN1CCCCC1c1cc2ccccc2[nH]1)Nc1ccccc1[N+](=O)[O-]. The number of anilines is 1. The average molecular weight is 378 g/mol. The van der Waals surface area contributed by atoms with Crippen molar-refractivity contribution in [2.75, 3.05) is 18.4 Å². The van der Waals surface area contributed by atoms with Crippen LogP contribution >= 0.6 is 0 Å². The number of nitrogens with zero attached hydrogens (tertiary/aromatic N) is 2. The zero-order valence-electron chi connectivity index (χ0n) is 15.4. The molecule has 1 unspecified atom stereocenters. The van der Waals surface area contributed by atoms with E-state index in [4.69, 9.17) is 0 Å². The second kappa shape index (κ2) is 7.82. The summed E-state index contributed by atoms with van der Waals surface area (Å²) in [5.74, 6) is -0.239. The number of nitro benzene ring substituents is 1. The Kier molecular flexibility index (Phi) is 5.08. The molecule has 4 rings (SSSR count).